The number of anilines is 1. The van der Waals surface area contributed by atoms with Gasteiger partial charge in [0.15, 0.2) is 0 Å². The first-order valence-corrected chi connectivity index (χ1v) is 6.08. The second-order valence-corrected chi connectivity index (χ2v) is 4.51. The highest BCUT2D eigenvalue weighted by molar-refractivity contribution is 5.71. The van der Waals surface area contributed by atoms with E-state index in [9.17, 15) is 9.59 Å². The monoisotopic (exact) mass is 269 g/mol. The fraction of sp³-hybridized carbons (Fsp3) is 0.583. The number of aromatic nitrogens is 2. The minimum atomic E-state index is -1.13. The molecule has 0 spiro atoms. The van der Waals surface area contributed by atoms with Crippen molar-refractivity contribution in [3.63, 3.8) is 0 Å². The quantitative estimate of drug-likeness (QED) is 0.700. The van der Waals surface area contributed by atoms with E-state index in [4.69, 9.17) is 15.6 Å². The molecule has 7 nitrogen and oxygen atoms in total. The van der Waals surface area contributed by atoms with Crippen molar-refractivity contribution < 1.29 is 14.6 Å². The van der Waals surface area contributed by atoms with Gasteiger partial charge in [-0.1, -0.05) is 13.8 Å². The molecule has 1 rings (SSSR count). The van der Waals surface area contributed by atoms with E-state index in [1.807, 2.05) is 20.8 Å². The number of nitrogen functional groups attached to an aromatic ring is 1. The van der Waals surface area contributed by atoms with Gasteiger partial charge in [-0.3, -0.25) is 9.59 Å². The number of H-pyrrole nitrogens is 1. The van der Waals surface area contributed by atoms with E-state index in [0.717, 1.165) is 0 Å². The normalized spacial score (nSPS) is 12.6. The Hall–Kier alpha value is -1.89. The van der Waals surface area contributed by atoms with Gasteiger partial charge in [0.05, 0.1) is 12.0 Å². The highest BCUT2D eigenvalue weighted by Gasteiger charge is 2.21. The minimum Gasteiger partial charge on any atom is -0.481 e. The van der Waals surface area contributed by atoms with E-state index >= 15 is 0 Å². The average molecular weight is 269 g/mol. The second kappa shape index (κ2) is 6.33. The predicted molar refractivity (Wildman–Crippen MR) is 69.8 cm³/mol. The topological polar surface area (TPSA) is 118 Å². The SMILES string of the molecule is CCOC(c1nc(N)c(CC(=O)O)c(=O)[nH]1)C(C)C. The molecule has 0 aromatic carbocycles. The number of nitrogens with zero attached hydrogens (tertiary/aromatic N) is 1. The first-order chi connectivity index (χ1) is 8.86. The highest BCUT2D eigenvalue weighted by atomic mass is 16.5. The van der Waals surface area contributed by atoms with E-state index in [-0.39, 0.29) is 23.4 Å². The van der Waals surface area contributed by atoms with Crippen molar-refractivity contribution in [2.75, 3.05) is 12.3 Å². The Bertz CT molecular complexity index is 510. The van der Waals surface area contributed by atoms with Crippen LogP contribution < -0.4 is 11.3 Å². The van der Waals surface area contributed by atoms with Crippen LogP contribution in [0.1, 0.15) is 38.3 Å². The molecule has 1 heterocycles. The summed E-state index contributed by atoms with van der Waals surface area (Å²) in [5.41, 5.74) is 5.09. The fourth-order valence-electron chi connectivity index (χ4n) is 1.76. The number of carboxylic acid groups (broad SMARTS) is 1. The maximum absolute atomic E-state index is 11.8. The number of nitrogens with two attached hydrogens (primary N) is 1. The van der Waals surface area contributed by atoms with Crippen molar-refractivity contribution >= 4 is 11.8 Å². The van der Waals surface area contributed by atoms with Crippen LogP contribution in [0.2, 0.25) is 0 Å². The van der Waals surface area contributed by atoms with E-state index in [0.29, 0.717) is 12.4 Å². The van der Waals surface area contributed by atoms with Crippen LogP contribution in [0.3, 0.4) is 0 Å². The molecule has 106 valence electrons. The Morgan fingerprint density at radius 1 is 1.53 bits per heavy atom. The van der Waals surface area contributed by atoms with Crippen molar-refractivity contribution in [3.8, 4) is 0 Å². The van der Waals surface area contributed by atoms with E-state index in [1.165, 1.54) is 0 Å². The Morgan fingerprint density at radius 2 is 2.16 bits per heavy atom. The maximum Gasteiger partial charge on any atom is 0.308 e. The van der Waals surface area contributed by atoms with Gasteiger partial charge < -0.3 is 20.6 Å². The lowest BCUT2D eigenvalue weighted by atomic mass is 10.1. The van der Waals surface area contributed by atoms with Gasteiger partial charge in [-0.05, 0) is 12.8 Å². The van der Waals surface area contributed by atoms with Crippen LogP contribution in [0, 0.1) is 5.92 Å². The lowest BCUT2D eigenvalue weighted by molar-refractivity contribution is -0.136. The maximum atomic E-state index is 11.8. The number of ether oxygens (including phenoxy) is 1. The molecule has 0 aliphatic carbocycles. The molecule has 0 amide bonds. The molecular weight excluding hydrogens is 250 g/mol. The summed E-state index contributed by atoms with van der Waals surface area (Å²) in [6.07, 6.45) is -0.825. The Morgan fingerprint density at radius 3 is 2.58 bits per heavy atom. The largest absolute Gasteiger partial charge is 0.481 e. The van der Waals surface area contributed by atoms with Crippen molar-refractivity contribution in [1.29, 1.82) is 0 Å². The van der Waals surface area contributed by atoms with Crippen LogP contribution in [0.15, 0.2) is 4.79 Å². The van der Waals surface area contributed by atoms with Gasteiger partial charge >= 0.3 is 5.97 Å². The van der Waals surface area contributed by atoms with Crippen LogP contribution in [0.4, 0.5) is 5.82 Å². The number of carbonyl (C=O) groups is 1. The number of carboxylic acids is 1. The summed E-state index contributed by atoms with van der Waals surface area (Å²) in [7, 11) is 0. The summed E-state index contributed by atoms with van der Waals surface area (Å²) >= 11 is 0. The summed E-state index contributed by atoms with van der Waals surface area (Å²) in [6, 6.07) is 0. The Balaban J connectivity index is 3.19. The smallest absolute Gasteiger partial charge is 0.308 e. The molecule has 0 saturated carbocycles. The second-order valence-electron chi connectivity index (χ2n) is 4.51. The fourth-order valence-corrected chi connectivity index (χ4v) is 1.76. The number of hydrogen-bond acceptors (Lipinski definition) is 5. The van der Waals surface area contributed by atoms with Gasteiger partial charge in [0.1, 0.15) is 17.7 Å². The van der Waals surface area contributed by atoms with Crippen LogP contribution in [0.25, 0.3) is 0 Å². The highest BCUT2D eigenvalue weighted by Crippen LogP contribution is 2.22. The van der Waals surface area contributed by atoms with Crippen molar-refractivity contribution in [2.24, 2.45) is 5.92 Å². The van der Waals surface area contributed by atoms with E-state index < -0.39 is 17.9 Å². The Kier molecular flexibility index (Phi) is 5.05. The zero-order chi connectivity index (χ0) is 14.6. The van der Waals surface area contributed by atoms with Crippen LogP contribution in [-0.4, -0.2) is 27.7 Å². The molecule has 0 bridgehead atoms. The van der Waals surface area contributed by atoms with Crippen LogP contribution in [0.5, 0.6) is 0 Å². The lowest BCUT2D eigenvalue weighted by Crippen LogP contribution is -2.25. The van der Waals surface area contributed by atoms with E-state index in [2.05, 4.69) is 9.97 Å². The molecule has 1 unspecified atom stereocenters. The summed E-state index contributed by atoms with van der Waals surface area (Å²) in [4.78, 5) is 29.1. The number of hydrogen-bond donors (Lipinski definition) is 3. The molecule has 1 atom stereocenters. The molecule has 4 N–H and O–H groups in total. The number of nitrogens with one attached hydrogen (secondary N) is 1. The van der Waals surface area contributed by atoms with Crippen LogP contribution in [-0.2, 0) is 16.0 Å². The van der Waals surface area contributed by atoms with Gasteiger partial charge in [-0.15, -0.1) is 0 Å². The lowest BCUT2D eigenvalue weighted by Gasteiger charge is -2.20. The molecule has 1 aromatic heterocycles. The third-order valence-electron chi connectivity index (χ3n) is 2.62. The van der Waals surface area contributed by atoms with E-state index in [1.54, 1.807) is 0 Å². The zero-order valence-electron chi connectivity index (χ0n) is 11.3. The minimum absolute atomic E-state index is 0.0322. The molecule has 1 aromatic rings. The molecule has 19 heavy (non-hydrogen) atoms. The van der Waals surface area contributed by atoms with Crippen molar-refractivity contribution in [2.45, 2.75) is 33.3 Å². The molecule has 7 heteroatoms. The van der Waals surface area contributed by atoms with Crippen LogP contribution >= 0.6 is 0 Å². The molecule has 0 aliphatic heterocycles. The predicted octanol–water partition coefficient (Wildman–Crippen LogP) is 0.713. The van der Waals surface area contributed by atoms with Gasteiger partial charge in [0.2, 0.25) is 0 Å². The first kappa shape index (κ1) is 15.2. The third-order valence-corrected chi connectivity index (χ3v) is 2.62. The number of aliphatic carboxylic acids is 1. The van der Waals surface area contributed by atoms with Gasteiger partial charge in [0, 0.05) is 6.61 Å². The standard InChI is InChI=1S/C12H19N3O4/c1-4-19-9(6(2)3)11-14-10(13)7(5-8(16)17)12(18)15-11/h6,9H,4-5H2,1-3H3,(H,16,17)(H3,13,14,15,18). The molecular formula is C12H19N3O4. The van der Waals surface area contributed by atoms with Gasteiger partial charge in [-0.2, -0.15) is 0 Å². The molecule has 0 radical (unpaired) electrons. The molecule has 0 aliphatic rings. The van der Waals surface area contributed by atoms with Gasteiger partial charge in [-0.25, -0.2) is 4.98 Å². The zero-order valence-corrected chi connectivity index (χ0v) is 11.3. The third kappa shape index (κ3) is 3.78. The number of rotatable bonds is 6. The van der Waals surface area contributed by atoms with Crippen molar-refractivity contribution in [3.05, 3.63) is 21.7 Å². The van der Waals surface area contributed by atoms with Crippen molar-refractivity contribution in [1.82, 2.24) is 9.97 Å². The first-order valence-electron chi connectivity index (χ1n) is 6.08. The summed E-state index contributed by atoms with van der Waals surface area (Å²) in [5.74, 6) is -0.759. The molecule has 0 saturated heterocycles. The summed E-state index contributed by atoms with van der Waals surface area (Å²) in [5, 5.41) is 8.71. The number of aromatic amines is 1. The summed E-state index contributed by atoms with van der Waals surface area (Å²) in [6.45, 7) is 6.18. The molecule has 0 fully saturated rings. The summed E-state index contributed by atoms with van der Waals surface area (Å²) < 4.78 is 5.52. The Labute approximate surface area is 110 Å². The average Bonchev–Trinajstić information content (AvgIpc) is 2.29. The van der Waals surface area contributed by atoms with Gasteiger partial charge in [0.25, 0.3) is 5.56 Å².